The number of aryl methyl sites for hydroxylation is 1. The zero-order valence-corrected chi connectivity index (χ0v) is 9.01. The summed E-state index contributed by atoms with van der Waals surface area (Å²) in [7, 11) is 0. The first kappa shape index (κ1) is 9.54. The second kappa shape index (κ2) is 4.02. The lowest BCUT2D eigenvalue weighted by molar-refractivity contribution is 1.04. The highest BCUT2D eigenvalue weighted by atomic mass is 35.5. The van der Waals surface area contributed by atoms with Crippen molar-refractivity contribution >= 4 is 17.2 Å². The van der Waals surface area contributed by atoms with E-state index in [1.165, 1.54) is 11.1 Å². The SMILES string of the molecule is Cc1ccc(Cl)c(C2=CCCC=C2)c1. The molecule has 2 rings (SSSR count). The van der Waals surface area contributed by atoms with Crippen LogP contribution in [-0.2, 0) is 0 Å². The van der Waals surface area contributed by atoms with Crippen LogP contribution in [0.25, 0.3) is 5.57 Å². The molecule has 72 valence electrons. The summed E-state index contributed by atoms with van der Waals surface area (Å²) >= 11 is 6.15. The summed E-state index contributed by atoms with van der Waals surface area (Å²) in [5.74, 6) is 0. The molecule has 1 aliphatic carbocycles. The lowest BCUT2D eigenvalue weighted by Crippen LogP contribution is -1.88. The molecule has 0 spiro atoms. The van der Waals surface area contributed by atoms with E-state index < -0.39 is 0 Å². The number of benzene rings is 1. The van der Waals surface area contributed by atoms with Crippen molar-refractivity contribution in [3.05, 3.63) is 52.6 Å². The van der Waals surface area contributed by atoms with E-state index in [0.717, 1.165) is 23.4 Å². The summed E-state index contributed by atoms with van der Waals surface area (Å²) in [6, 6.07) is 6.15. The maximum Gasteiger partial charge on any atom is 0.0484 e. The van der Waals surface area contributed by atoms with Crippen LogP contribution in [0.15, 0.2) is 36.4 Å². The van der Waals surface area contributed by atoms with Crippen LogP contribution < -0.4 is 0 Å². The van der Waals surface area contributed by atoms with Crippen molar-refractivity contribution in [1.29, 1.82) is 0 Å². The fourth-order valence-electron chi connectivity index (χ4n) is 1.67. The Morgan fingerprint density at radius 2 is 2.07 bits per heavy atom. The van der Waals surface area contributed by atoms with Gasteiger partial charge in [0.1, 0.15) is 0 Å². The zero-order chi connectivity index (χ0) is 9.97. The molecular formula is C13H13Cl. The van der Waals surface area contributed by atoms with E-state index in [9.17, 15) is 0 Å². The average molecular weight is 205 g/mol. The van der Waals surface area contributed by atoms with Gasteiger partial charge < -0.3 is 0 Å². The smallest absolute Gasteiger partial charge is 0.0484 e. The predicted octanol–water partition coefficient (Wildman–Crippen LogP) is 4.38. The lowest BCUT2D eigenvalue weighted by atomic mass is 9.98. The Morgan fingerprint density at radius 3 is 2.79 bits per heavy atom. The molecule has 0 radical (unpaired) electrons. The van der Waals surface area contributed by atoms with E-state index in [-0.39, 0.29) is 0 Å². The van der Waals surface area contributed by atoms with Crippen molar-refractivity contribution in [2.75, 3.05) is 0 Å². The molecule has 0 amide bonds. The Bertz CT molecular complexity index is 400. The normalized spacial score (nSPS) is 15.4. The number of allylic oxidation sites excluding steroid dienone is 4. The third kappa shape index (κ3) is 1.91. The van der Waals surface area contributed by atoms with Gasteiger partial charge in [-0.3, -0.25) is 0 Å². The number of hydrogen-bond donors (Lipinski definition) is 0. The molecule has 0 aromatic heterocycles. The lowest BCUT2D eigenvalue weighted by Gasteiger charge is -2.09. The Morgan fingerprint density at radius 1 is 1.21 bits per heavy atom. The van der Waals surface area contributed by atoms with Gasteiger partial charge in [0.05, 0.1) is 0 Å². The van der Waals surface area contributed by atoms with Gasteiger partial charge in [0.2, 0.25) is 0 Å². The maximum atomic E-state index is 6.15. The summed E-state index contributed by atoms with van der Waals surface area (Å²) in [4.78, 5) is 0. The molecule has 0 N–H and O–H groups in total. The first-order valence-electron chi connectivity index (χ1n) is 4.90. The summed E-state index contributed by atoms with van der Waals surface area (Å²) in [5.41, 5.74) is 3.66. The van der Waals surface area contributed by atoms with Gasteiger partial charge in [0.15, 0.2) is 0 Å². The standard InChI is InChI=1S/C13H13Cl/c1-10-7-8-13(14)12(9-10)11-5-3-2-4-6-11/h3,5-9H,2,4H2,1H3. The highest BCUT2D eigenvalue weighted by Crippen LogP contribution is 2.28. The first-order chi connectivity index (χ1) is 6.77. The van der Waals surface area contributed by atoms with Crippen molar-refractivity contribution in [3.8, 4) is 0 Å². The number of halogens is 1. The summed E-state index contributed by atoms with van der Waals surface area (Å²) in [5, 5.41) is 0.841. The molecule has 0 nitrogen and oxygen atoms in total. The topological polar surface area (TPSA) is 0 Å². The van der Waals surface area contributed by atoms with Gasteiger partial charge in [0, 0.05) is 10.6 Å². The highest BCUT2D eigenvalue weighted by molar-refractivity contribution is 6.32. The molecule has 0 saturated heterocycles. The molecule has 1 aliphatic rings. The molecule has 0 bridgehead atoms. The van der Waals surface area contributed by atoms with Gasteiger partial charge >= 0.3 is 0 Å². The Labute approximate surface area is 89.9 Å². The number of rotatable bonds is 1. The Balaban J connectivity index is 2.44. The van der Waals surface area contributed by atoms with Crippen LogP contribution in [0.4, 0.5) is 0 Å². The summed E-state index contributed by atoms with van der Waals surface area (Å²) in [6.45, 7) is 2.09. The van der Waals surface area contributed by atoms with Crippen LogP contribution in [0.5, 0.6) is 0 Å². The first-order valence-corrected chi connectivity index (χ1v) is 5.28. The molecule has 1 aromatic rings. The second-order valence-electron chi connectivity index (χ2n) is 3.62. The third-order valence-electron chi connectivity index (χ3n) is 2.43. The van der Waals surface area contributed by atoms with Gasteiger partial charge in [-0.05, 0) is 37.5 Å². The van der Waals surface area contributed by atoms with Crippen molar-refractivity contribution in [2.24, 2.45) is 0 Å². The molecule has 0 aliphatic heterocycles. The molecule has 0 fully saturated rings. The van der Waals surface area contributed by atoms with Crippen LogP contribution in [0, 0.1) is 6.92 Å². The van der Waals surface area contributed by atoms with E-state index in [0.29, 0.717) is 0 Å². The quantitative estimate of drug-likeness (QED) is 0.637. The van der Waals surface area contributed by atoms with Crippen LogP contribution in [-0.4, -0.2) is 0 Å². The minimum atomic E-state index is 0.841. The van der Waals surface area contributed by atoms with E-state index in [1.807, 2.05) is 12.1 Å². The van der Waals surface area contributed by atoms with Crippen molar-refractivity contribution in [3.63, 3.8) is 0 Å². The zero-order valence-electron chi connectivity index (χ0n) is 8.26. The second-order valence-corrected chi connectivity index (χ2v) is 4.03. The summed E-state index contributed by atoms with van der Waals surface area (Å²) in [6.07, 6.45) is 8.88. The molecule has 0 unspecified atom stereocenters. The van der Waals surface area contributed by atoms with E-state index in [1.54, 1.807) is 0 Å². The largest absolute Gasteiger partial charge is 0.0837 e. The predicted molar refractivity (Wildman–Crippen MR) is 62.5 cm³/mol. The van der Waals surface area contributed by atoms with Crippen LogP contribution in [0.2, 0.25) is 5.02 Å². The minimum absolute atomic E-state index is 0.841. The van der Waals surface area contributed by atoms with Gasteiger partial charge in [-0.15, -0.1) is 0 Å². The van der Waals surface area contributed by atoms with Crippen LogP contribution in [0.1, 0.15) is 24.0 Å². The summed E-state index contributed by atoms with van der Waals surface area (Å²) < 4.78 is 0. The fraction of sp³-hybridized carbons (Fsp3) is 0.231. The van der Waals surface area contributed by atoms with Crippen molar-refractivity contribution in [1.82, 2.24) is 0 Å². The van der Waals surface area contributed by atoms with Crippen LogP contribution >= 0.6 is 11.6 Å². The van der Waals surface area contributed by atoms with Gasteiger partial charge in [0.25, 0.3) is 0 Å². The minimum Gasteiger partial charge on any atom is -0.0837 e. The van der Waals surface area contributed by atoms with Crippen molar-refractivity contribution in [2.45, 2.75) is 19.8 Å². The fourth-order valence-corrected chi connectivity index (χ4v) is 1.90. The molecule has 0 heterocycles. The van der Waals surface area contributed by atoms with Gasteiger partial charge in [-0.2, -0.15) is 0 Å². The molecule has 0 saturated carbocycles. The van der Waals surface area contributed by atoms with Crippen LogP contribution in [0.3, 0.4) is 0 Å². The monoisotopic (exact) mass is 204 g/mol. The van der Waals surface area contributed by atoms with E-state index >= 15 is 0 Å². The molecular weight excluding hydrogens is 192 g/mol. The Kier molecular flexibility index (Phi) is 2.74. The Hall–Kier alpha value is -1.01. The van der Waals surface area contributed by atoms with E-state index in [2.05, 4.69) is 31.2 Å². The molecule has 14 heavy (non-hydrogen) atoms. The molecule has 0 atom stereocenters. The van der Waals surface area contributed by atoms with Gasteiger partial charge in [-0.1, -0.05) is 41.5 Å². The van der Waals surface area contributed by atoms with Crippen molar-refractivity contribution < 1.29 is 0 Å². The van der Waals surface area contributed by atoms with Gasteiger partial charge in [-0.25, -0.2) is 0 Å². The van der Waals surface area contributed by atoms with E-state index in [4.69, 9.17) is 11.6 Å². The molecule has 1 heteroatoms. The molecule has 1 aromatic carbocycles. The highest BCUT2D eigenvalue weighted by Gasteiger charge is 2.05. The third-order valence-corrected chi connectivity index (χ3v) is 2.76. The average Bonchev–Trinajstić information content (AvgIpc) is 2.23. The number of hydrogen-bond acceptors (Lipinski definition) is 0. The maximum absolute atomic E-state index is 6.15.